The van der Waals surface area contributed by atoms with Gasteiger partial charge in [0.2, 0.25) is 0 Å². The average molecular weight is 241 g/mol. The van der Waals surface area contributed by atoms with Crippen LogP contribution in [-0.4, -0.2) is 15.2 Å². The molecular weight excluding hydrogens is 230 g/mol. The van der Waals surface area contributed by atoms with E-state index in [9.17, 15) is 0 Å². The molecule has 1 aromatic carbocycles. The molecule has 0 spiro atoms. The van der Waals surface area contributed by atoms with Crippen LogP contribution in [0.5, 0.6) is 0 Å². The highest BCUT2D eigenvalue weighted by Crippen LogP contribution is 2.33. The van der Waals surface area contributed by atoms with Crippen molar-refractivity contribution >= 4 is 22.8 Å². The fraction of sp³-hybridized carbons (Fsp3) is 0.0769. The average Bonchev–Trinajstić information content (AvgIpc) is 2.81. The van der Waals surface area contributed by atoms with Gasteiger partial charge in [0.1, 0.15) is 0 Å². The first kappa shape index (κ1) is 10.4. The second-order valence-electron chi connectivity index (χ2n) is 3.81. The molecule has 0 atom stereocenters. The Kier molecular flexibility index (Phi) is 2.57. The Bertz CT molecular complexity index is 660. The second kappa shape index (κ2) is 4.22. The number of benzene rings is 1. The number of nitrogens with zero attached hydrogens (tertiary/aromatic N) is 2. The summed E-state index contributed by atoms with van der Waals surface area (Å²) >= 11 is 1.75. The molecule has 0 aliphatic carbocycles. The van der Waals surface area contributed by atoms with E-state index in [1.807, 2.05) is 12.3 Å². The lowest BCUT2D eigenvalue weighted by molar-refractivity contribution is 1.10. The van der Waals surface area contributed by atoms with Crippen LogP contribution in [0, 0.1) is 6.92 Å². The third kappa shape index (κ3) is 1.91. The molecule has 0 saturated carbocycles. The molecule has 0 fully saturated rings. The predicted molar refractivity (Wildman–Crippen MR) is 69.2 cm³/mol. The van der Waals surface area contributed by atoms with Gasteiger partial charge in [0, 0.05) is 16.0 Å². The highest BCUT2D eigenvalue weighted by Gasteiger charge is 2.06. The van der Waals surface area contributed by atoms with Crippen LogP contribution < -0.4 is 0 Å². The SMILES string of the molecule is Cc1ccccc1Sc1ccnc2[nH]ncc12. The van der Waals surface area contributed by atoms with Crippen LogP contribution in [0.1, 0.15) is 5.56 Å². The third-order valence-electron chi connectivity index (χ3n) is 2.63. The maximum atomic E-state index is 4.23. The number of aromatic amines is 1. The van der Waals surface area contributed by atoms with Crippen molar-refractivity contribution < 1.29 is 0 Å². The molecule has 0 radical (unpaired) electrons. The lowest BCUT2D eigenvalue weighted by atomic mass is 10.2. The van der Waals surface area contributed by atoms with Crippen molar-refractivity contribution in [3.8, 4) is 0 Å². The third-order valence-corrected chi connectivity index (χ3v) is 3.88. The number of hydrogen-bond acceptors (Lipinski definition) is 3. The van der Waals surface area contributed by atoms with Crippen LogP contribution in [-0.2, 0) is 0 Å². The van der Waals surface area contributed by atoms with Gasteiger partial charge in [-0.05, 0) is 24.6 Å². The van der Waals surface area contributed by atoms with Gasteiger partial charge in [-0.15, -0.1) is 0 Å². The molecule has 4 heteroatoms. The minimum Gasteiger partial charge on any atom is -0.261 e. The minimum atomic E-state index is 0.837. The molecule has 17 heavy (non-hydrogen) atoms. The molecule has 0 amide bonds. The molecule has 3 aromatic rings. The number of aryl methyl sites for hydroxylation is 1. The van der Waals surface area contributed by atoms with Crippen LogP contribution >= 0.6 is 11.8 Å². The van der Waals surface area contributed by atoms with Crippen LogP contribution in [0.3, 0.4) is 0 Å². The van der Waals surface area contributed by atoms with Gasteiger partial charge in [0.15, 0.2) is 5.65 Å². The lowest BCUT2D eigenvalue weighted by Gasteiger charge is -2.05. The summed E-state index contributed by atoms with van der Waals surface area (Å²) in [6.07, 6.45) is 3.63. The van der Waals surface area contributed by atoms with E-state index in [1.165, 1.54) is 15.4 Å². The zero-order chi connectivity index (χ0) is 11.7. The fourth-order valence-corrected chi connectivity index (χ4v) is 2.71. The Morgan fingerprint density at radius 2 is 2.00 bits per heavy atom. The first-order valence-electron chi connectivity index (χ1n) is 5.36. The van der Waals surface area contributed by atoms with Gasteiger partial charge in [-0.2, -0.15) is 5.10 Å². The maximum Gasteiger partial charge on any atom is 0.156 e. The van der Waals surface area contributed by atoms with Gasteiger partial charge >= 0.3 is 0 Å². The largest absolute Gasteiger partial charge is 0.261 e. The molecule has 2 heterocycles. The summed E-state index contributed by atoms with van der Waals surface area (Å²) in [7, 11) is 0. The molecule has 2 aromatic heterocycles. The summed E-state index contributed by atoms with van der Waals surface area (Å²) in [6.45, 7) is 2.12. The minimum absolute atomic E-state index is 0.837. The zero-order valence-electron chi connectivity index (χ0n) is 9.34. The summed E-state index contributed by atoms with van der Waals surface area (Å²) in [4.78, 5) is 6.68. The van der Waals surface area contributed by atoms with E-state index < -0.39 is 0 Å². The number of H-pyrrole nitrogens is 1. The van der Waals surface area contributed by atoms with Gasteiger partial charge in [-0.25, -0.2) is 4.98 Å². The summed E-state index contributed by atoms with van der Waals surface area (Å²) in [5, 5.41) is 7.98. The molecule has 0 unspecified atom stereocenters. The van der Waals surface area contributed by atoms with Crippen LogP contribution in [0.15, 0.2) is 52.5 Å². The van der Waals surface area contributed by atoms with Crippen molar-refractivity contribution in [2.75, 3.05) is 0 Å². The monoisotopic (exact) mass is 241 g/mol. The van der Waals surface area contributed by atoms with Crippen molar-refractivity contribution in [2.45, 2.75) is 16.7 Å². The van der Waals surface area contributed by atoms with E-state index in [2.05, 4.69) is 46.4 Å². The van der Waals surface area contributed by atoms with E-state index >= 15 is 0 Å². The van der Waals surface area contributed by atoms with E-state index in [0.29, 0.717) is 0 Å². The van der Waals surface area contributed by atoms with E-state index in [-0.39, 0.29) is 0 Å². The number of aromatic nitrogens is 3. The van der Waals surface area contributed by atoms with E-state index in [4.69, 9.17) is 0 Å². The Morgan fingerprint density at radius 1 is 1.12 bits per heavy atom. The van der Waals surface area contributed by atoms with Crippen molar-refractivity contribution in [1.82, 2.24) is 15.2 Å². The Hall–Kier alpha value is -1.81. The summed E-state index contributed by atoms with van der Waals surface area (Å²) in [5.74, 6) is 0. The first-order valence-corrected chi connectivity index (χ1v) is 6.18. The first-order chi connectivity index (χ1) is 8.34. The molecule has 0 aliphatic rings. The van der Waals surface area contributed by atoms with Crippen LogP contribution in [0.4, 0.5) is 0 Å². The quantitative estimate of drug-likeness (QED) is 0.747. The van der Waals surface area contributed by atoms with Gasteiger partial charge in [0.25, 0.3) is 0 Å². The zero-order valence-corrected chi connectivity index (χ0v) is 10.2. The smallest absolute Gasteiger partial charge is 0.156 e. The van der Waals surface area contributed by atoms with Crippen LogP contribution in [0.2, 0.25) is 0 Å². The topological polar surface area (TPSA) is 41.6 Å². The molecule has 3 nitrogen and oxygen atoms in total. The molecule has 1 N–H and O–H groups in total. The van der Waals surface area contributed by atoms with Crippen molar-refractivity contribution in [2.24, 2.45) is 0 Å². The Balaban J connectivity index is 2.06. The molecule has 84 valence electrons. The van der Waals surface area contributed by atoms with Crippen LogP contribution in [0.25, 0.3) is 11.0 Å². The lowest BCUT2D eigenvalue weighted by Crippen LogP contribution is -1.81. The van der Waals surface area contributed by atoms with Gasteiger partial charge in [0.05, 0.1) is 11.6 Å². The molecule has 0 saturated heterocycles. The standard InChI is InChI=1S/C13H11N3S/c1-9-4-2-3-5-11(9)17-12-6-7-14-13-10(12)8-15-16-13/h2-8H,1H3,(H,14,15,16). The Morgan fingerprint density at radius 3 is 2.88 bits per heavy atom. The molecule has 0 bridgehead atoms. The predicted octanol–water partition coefficient (Wildman–Crippen LogP) is 3.42. The van der Waals surface area contributed by atoms with Crippen molar-refractivity contribution in [3.05, 3.63) is 48.3 Å². The van der Waals surface area contributed by atoms with E-state index in [1.54, 1.807) is 18.0 Å². The number of pyridine rings is 1. The van der Waals surface area contributed by atoms with E-state index in [0.717, 1.165) is 11.0 Å². The highest BCUT2D eigenvalue weighted by atomic mass is 32.2. The molecule has 0 aliphatic heterocycles. The normalized spacial score (nSPS) is 10.9. The van der Waals surface area contributed by atoms with Gasteiger partial charge in [-0.3, -0.25) is 5.10 Å². The molecule has 3 rings (SSSR count). The number of hydrogen-bond donors (Lipinski definition) is 1. The summed E-state index contributed by atoms with van der Waals surface area (Å²) in [6, 6.07) is 10.4. The fourth-order valence-electron chi connectivity index (χ4n) is 1.71. The van der Waals surface area contributed by atoms with Gasteiger partial charge < -0.3 is 0 Å². The number of fused-ring (bicyclic) bond motifs is 1. The van der Waals surface area contributed by atoms with Crippen molar-refractivity contribution in [1.29, 1.82) is 0 Å². The summed E-state index contributed by atoms with van der Waals surface area (Å²) in [5.41, 5.74) is 2.12. The second-order valence-corrected chi connectivity index (χ2v) is 4.89. The number of rotatable bonds is 2. The van der Waals surface area contributed by atoms with Gasteiger partial charge in [-0.1, -0.05) is 30.0 Å². The number of nitrogens with one attached hydrogen (secondary N) is 1. The molecular formula is C13H11N3S. The highest BCUT2D eigenvalue weighted by molar-refractivity contribution is 7.99. The Labute approximate surface area is 103 Å². The van der Waals surface area contributed by atoms with Crippen molar-refractivity contribution in [3.63, 3.8) is 0 Å². The summed E-state index contributed by atoms with van der Waals surface area (Å²) < 4.78 is 0. The maximum absolute atomic E-state index is 4.23.